The molecule has 0 unspecified atom stereocenters. The Morgan fingerprint density at radius 3 is 2.65 bits per heavy atom. The molecule has 0 bridgehead atoms. The average Bonchev–Trinajstić information content (AvgIpc) is 2.95. The Hall–Kier alpha value is -1.62. The summed E-state index contributed by atoms with van der Waals surface area (Å²) in [5.74, 6) is -0.995. The van der Waals surface area contributed by atoms with Crippen molar-refractivity contribution >= 4 is 5.91 Å². The molecular formula is C18H25FN2O2. The molecule has 1 aromatic carbocycles. The van der Waals surface area contributed by atoms with Crippen molar-refractivity contribution in [1.29, 1.82) is 0 Å². The first kappa shape index (κ1) is 16.2. The molecule has 1 amide bonds. The third kappa shape index (κ3) is 4.02. The Balaban J connectivity index is 1.56. The number of halogens is 1. The highest BCUT2D eigenvalue weighted by atomic mass is 19.1. The van der Waals surface area contributed by atoms with Crippen LogP contribution in [0.25, 0.3) is 0 Å². The maximum Gasteiger partial charge on any atom is 0.227 e. The van der Waals surface area contributed by atoms with Crippen LogP contribution in [-0.4, -0.2) is 53.0 Å². The highest BCUT2D eigenvalue weighted by molar-refractivity contribution is 5.78. The molecule has 2 fully saturated rings. The summed E-state index contributed by atoms with van der Waals surface area (Å²) in [5.41, 5.74) is 0.613. The van der Waals surface area contributed by atoms with Crippen LogP contribution in [0.4, 0.5) is 4.39 Å². The summed E-state index contributed by atoms with van der Waals surface area (Å²) in [6.45, 7) is 3.56. The summed E-state index contributed by atoms with van der Waals surface area (Å²) >= 11 is 0. The molecule has 1 saturated heterocycles. The van der Waals surface area contributed by atoms with E-state index in [1.807, 2.05) is 4.90 Å². The summed E-state index contributed by atoms with van der Waals surface area (Å²) in [6.07, 6.45) is 6.45. The third-order valence-electron chi connectivity index (χ3n) is 5.09. The van der Waals surface area contributed by atoms with Gasteiger partial charge in [0.1, 0.15) is 0 Å². The molecule has 1 N–H and O–H groups in total. The highest BCUT2D eigenvalue weighted by Gasteiger charge is 2.26. The van der Waals surface area contributed by atoms with Crippen molar-refractivity contribution in [3.8, 4) is 5.75 Å². The normalized spacial score (nSPS) is 20.7. The summed E-state index contributed by atoms with van der Waals surface area (Å²) in [4.78, 5) is 16.9. The van der Waals surface area contributed by atoms with Crippen LogP contribution in [0, 0.1) is 5.82 Å². The first-order chi connectivity index (χ1) is 11.1. The van der Waals surface area contributed by atoms with Crippen LogP contribution >= 0.6 is 0 Å². The number of phenols is 1. The molecule has 1 aliphatic carbocycles. The number of carbonyl (C=O) groups excluding carboxylic acids is 1. The summed E-state index contributed by atoms with van der Waals surface area (Å²) in [7, 11) is 0. The first-order valence-corrected chi connectivity index (χ1v) is 8.63. The highest BCUT2D eigenvalue weighted by Crippen LogP contribution is 2.24. The zero-order valence-corrected chi connectivity index (χ0v) is 13.5. The zero-order chi connectivity index (χ0) is 16.2. The van der Waals surface area contributed by atoms with Crippen molar-refractivity contribution < 1.29 is 14.3 Å². The van der Waals surface area contributed by atoms with Gasteiger partial charge < -0.3 is 10.0 Å². The largest absolute Gasteiger partial charge is 0.505 e. The van der Waals surface area contributed by atoms with E-state index in [4.69, 9.17) is 0 Å². The number of nitrogens with zero attached hydrogens (tertiary/aromatic N) is 2. The molecule has 0 aromatic heterocycles. The second-order valence-electron chi connectivity index (χ2n) is 6.67. The molecule has 2 aliphatic rings. The lowest BCUT2D eigenvalue weighted by Gasteiger charge is -2.27. The second-order valence-corrected chi connectivity index (χ2v) is 6.67. The number of hydrogen-bond acceptors (Lipinski definition) is 3. The van der Waals surface area contributed by atoms with Crippen LogP contribution in [0.2, 0.25) is 0 Å². The van der Waals surface area contributed by atoms with Crippen molar-refractivity contribution in [3.63, 3.8) is 0 Å². The summed E-state index contributed by atoms with van der Waals surface area (Å²) in [5, 5.41) is 9.22. The van der Waals surface area contributed by atoms with Crippen molar-refractivity contribution in [2.75, 3.05) is 26.2 Å². The van der Waals surface area contributed by atoms with E-state index in [1.165, 1.54) is 37.8 Å². The molecule has 5 heteroatoms. The lowest BCUT2D eigenvalue weighted by atomic mass is 10.1. The number of hydrogen-bond donors (Lipinski definition) is 1. The van der Waals surface area contributed by atoms with E-state index < -0.39 is 5.82 Å². The maximum atomic E-state index is 13.4. The fourth-order valence-electron chi connectivity index (χ4n) is 3.77. The Morgan fingerprint density at radius 1 is 1.13 bits per heavy atom. The van der Waals surface area contributed by atoms with Crippen LogP contribution in [0.5, 0.6) is 5.75 Å². The Labute approximate surface area is 136 Å². The molecule has 1 saturated carbocycles. The van der Waals surface area contributed by atoms with Crippen LogP contribution in [0.3, 0.4) is 0 Å². The van der Waals surface area contributed by atoms with Crippen LogP contribution in [0.15, 0.2) is 18.2 Å². The van der Waals surface area contributed by atoms with Gasteiger partial charge >= 0.3 is 0 Å². The van der Waals surface area contributed by atoms with Gasteiger partial charge in [-0.1, -0.05) is 18.9 Å². The van der Waals surface area contributed by atoms with Gasteiger partial charge in [-0.15, -0.1) is 0 Å². The van der Waals surface area contributed by atoms with E-state index in [1.54, 1.807) is 6.07 Å². The van der Waals surface area contributed by atoms with E-state index in [0.29, 0.717) is 11.6 Å². The molecule has 0 spiro atoms. The second kappa shape index (κ2) is 7.30. The maximum absolute atomic E-state index is 13.4. The molecule has 4 nitrogen and oxygen atoms in total. The average molecular weight is 320 g/mol. The van der Waals surface area contributed by atoms with Crippen molar-refractivity contribution in [2.45, 2.75) is 44.6 Å². The van der Waals surface area contributed by atoms with Gasteiger partial charge in [0.25, 0.3) is 0 Å². The minimum Gasteiger partial charge on any atom is -0.505 e. The molecule has 1 aromatic rings. The minimum atomic E-state index is -0.668. The molecule has 1 aliphatic heterocycles. The number of amides is 1. The Kier molecular flexibility index (Phi) is 5.16. The SMILES string of the molecule is O=C(Cc1ccc(O)c(F)c1)N1CCCN(C2CCCC2)CC1. The van der Waals surface area contributed by atoms with Gasteiger partial charge in [-0.05, 0) is 37.0 Å². The van der Waals surface area contributed by atoms with Crippen molar-refractivity contribution in [3.05, 3.63) is 29.6 Å². The number of carbonyl (C=O) groups is 1. The Morgan fingerprint density at radius 2 is 1.91 bits per heavy atom. The van der Waals surface area contributed by atoms with Crippen LogP contribution < -0.4 is 0 Å². The van der Waals surface area contributed by atoms with E-state index in [-0.39, 0.29) is 18.1 Å². The predicted molar refractivity (Wildman–Crippen MR) is 86.8 cm³/mol. The van der Waals surface area contributed by atoms with Gasteiger partial charge in [0.15, 0.2) is 11.6 Å². The predicted octanol–water partition coefficient (Wildman–Crippen LogP) is 2.55. The zero-order valence-electron chi connectivity index (χ0n) is 13.5. The topological polar surface area (TPSA) is 43.8 Å². The van der Waals surface area contributed by atoms with Crippen LogP contribution in [0.1, 0.15) is 37.7 Å². The van der Waals surface area contributed by atoms with Gasteiger partial charge in [-0.2, -0.15) is 0 Å². The standard InChI is InChI=1S/C18H25FN2O2/c19-16-12-14(6-7-17(16)22)13-18(23)21-9-3-8-20(10-11-21)15-4-1-2-5-15/h6-7,12,15,22H,1-5,8-11,13H2. The van der Waals surface area contributed by atoms with E-state index in [0.717, 1.165) is 32.6 Å². The van der Waals surface area contributed by atoms with E-state index in [9.17, 15) is 14.3 Å². The van der Waals surface area contributed by atoms with Gasteiger partial charge in [0, 0.05) is 32.2 Å². The first-order valence-electron chi connectivity index (χ1n) is 8.63. The van der Waals surface area contributed by atoms with Crippen molar-refractivity contribution in [2.24, 2.45) is 0 Å². The smallest absolute Gasteiger partial charge is 0.227 e. The quantitative estimate of drug-likeness (QED) is 0.931. The number of rotatable bonds is 3. The molecule has 3 rings (SSSR count). The fraction of sp³-hybridized carbons (Fsp3) is 0.611. The molecule has 0 radical (unpaired) electrons. The number of benzene rings is 1. The fourth-order valence-corrected chi connectivity index (χ4v) is 3.77. The Bertz CT molecular complexity index is 558. The molecule has 126 valence electrons. The minimum absolute atomic E-state index is 0.0448. The number of aromatic hydroxyl groups is 1. The van der Waals surface area contributed by atoms with Crippen molar-refractivity contribution in [1.82, 2.24) is 9.80 Å². The number of phenolic OH excluding ortho intramolecular Hbond substituents is 1. The molecule has 0 atom stereocenters. The van der Waals surface area contributed by atoms with Gasteiger partial charge in [-0.3, -0.25) is 9.69 Å². The third-order valence-corrected chi connectivity index (χ3v) is 5.09. The monoisotopic (exact) mass is 320 g/mol. The lowest BCUT2D eigenvalue weighted by Crippen LogP contribution is -2.38. The summed E-state index contributed by atoms with van der Waals surface area (Å²) in [6, 6.07) is 4.87. The van der Waals surface area contributed by atoms with Gasteiger partial charge in [0.05, 0.1) is 6.42 Å². The van der Waals surface area contributed by atoms with Gasteiger partial charge in [-0.25, -0.2) is 4.39 Å². The van der Waals surface area contributed by atoms with Gasteiger partial charge in [0.2, 0.25) is 5.91 Å². The summed E-state index contributed by atoms with van der Waals surface area (Å²) < 4.78 is 13.4. The lowest BCUT2D eigenvalue weighted by molar-refractivity contribution is -0.130. The molecular weight excluding hydrogens is 295 g/mol. The molecule has 1 heterocycles. The van der Waals surface area contributed by atoms with E-state index >= 15 is 0 Å². The van der Waals surface area contributed by atoms with Crippen LogP contribution in [-0.2, 0) is 11.2 Å². The molecule has 23 heavy (non-hydrogen) atoms. The van der Waals surface area contributed by atoms with E-state index in [2.05, 4.69) is 4.90 Å².